The van der Waals surface area contributed by atoms with Crippen LogP contribution in [0.25, 0.3) is 0 Å². The van der Waals surface area contributed by atoms with Crippen molar-refractivity contribution in [1.82, 2.24) is 0 Å². The van der Waals surface area contributed by atoms with Crippen LogP contribution < -0.4 is 4.74 Å². The number of ether oxygens (including phenoxy) is 1. The summed E-state index contributed by atoms with van der Waals surface area (Å²) in [6, 6.07) is 0. The summed E-state index contributed by atoms with van der Waals surface area (Å²) in [4.78, 5) is 0. The number of unbranched alkanes of at least 4 members (excludes halogenated alkanes) is 7. The third-order valence-electron chi connectivity index (χ3n) is 6.28. The highest BCUT2D eigenvalue weighted by Crippen LogP contribution is 2.44. The van der Waals surface area contributed by atoms with Gasteiger partial charge in [0.05, 0.1) is 0 Å². The Morgan fingerprint density at radius 3 is 2.30 bits per heavy atom. The summed E-state index contributed by atoms with van der Waals surface area (Å²) in [6.45, 7) is 10.6. The van der Waals surface area contributed by atoms with Crippen LogP contribution in [0.3, 0.4) is 0 Å². The van der Waals surface area contributed by atoms with Gasteiger partial charge in [0, 0.05) is 12.0 Å². The van der Waals surface area contributed by atoms with Crippen LogP contribution in [0, 0.1) is 20.8 Å². The molecule has 0 saturated carbocycles. The molecular weight excluding hydrogens is 332 g/mol. The van der Waals surface area contributed by atoms with Crippen molar-refractivity contribution in [3.05, 3.63) is 34.4 Å². The molecular formula is C25H40O2. The lowest BCUT2D eigenvalue weighted by atomic mass is 9.85. The van der Waals surface area contributed by atoms with E-state index < -0.39 is 0 Å². The number of allylic oxidation sites excluding steroid dienone is 1. The molecule has 1 aromatic carbocycles. The fourth-order valence-corrected chi connectivity index (χ4v) is 4.11. The number of rotatable bonds is 10. The van der Waals surface area contributed by atoms with Crippen LogP contribution in [0.4, 0.5) is 0 Å². The Balaban J connectivity index is 1.82. The minimum atomic E-state index is -0.135. The van der Waals surface area contributed by atoms with Gasteiger partial charge >= 0.3 is 0 Å². The van der Waals surface area contributed by atoms with Crippen molar-refractivity contribution in [1.29, 1.82) is 0 Å². The molecule has 1 aromatic rings. The zero-order valence-electron chi connectivity index (χ0n) is 18.3. The molecule has 1 aliphatic rings. The second-order valence-electron chi connectivity index (χ2n) is 8.67. The third-order valence-corrected chi connectivity index (χ3v) is 6.28. The lowest BCUT2D eigenvalue weighted by Gasteiger charge is -2.37. The van der Waals surface area contributed by atoms with Crippen molar-refractivity contribution < 1.29 is 9.84 Å². The maximum absolute atomic E-state index is 10.3. The van der Waals surface area contributed by atoms with Gasteiger partial charge in [0.2, 0.25) is 0 Å². The molecule has 152 valence electrons. The summed E-state index contributed by atoms with van der Waals surface area (Å²) in [5.41, 5.74) is 4.09. The maximum atomic E-state index is 10.3. The second-order valence-corrected chi connectivity index (χ2v) is 8.67. The Morgan fingerprint density at radius 1 is 0.926 bits per heavy atom. The van der Waals surface area contributed by atoms with E-state index in [4.69, 9.17) is 4.74 Å². The molecule has 1 aliphatic heterocycles. The highest BCUT2D eigenvalue weighted by atomic mass is 16.5. The maximum Gasteiger partial charge on any atom is 0.127 e. The number of benzene rings is 1. The molecule has 1 atom stereocenters. The van der Waals surface area contributed by atoms with E-state index in [1.807, 2.05) is 13.8 Å². The van der Waals surface area contributed by atoms with E-state index in [0.29, 0.717) is 5.75 Å². The summed E-state index contributed by atoms with van der Waals surface area (Å²) in [5, 5.41) is 10.3. The van der Waals surface area contributed by atoms with Gasteiger partial charge < -0.3 is 9.84 Å². The molecule has 1 N–H and O–H groups in total. The molecule has 27 heavy (non-hydrogen) atoms. The van der Waals surface area contributed by atoms with Gasteiger partial charge in [-0.3, -0.25) is 0 Å². The lowest BCUT2D eigenvalue weighted by Crippen LogP contribution is -2.36. The van der Waals surface area contributed by atoms with E-state index in [0.717, 1.165) is 41.7 Å². The number of aromatic hydroxyl groups is 1. The van der Waals surface area contributed by atoms with Crippen molar-refractivity contribution >= 4 is 0 Å². The van der Waals surface area contributed by atoms with E-state index in [-0.39, 0.29) is 5.60 Å². The summed E-state index contributed by atoms with van der Waals surface area (Å²) < 4.78 is 6.49. The largest absolute Gasteiger partial charge is 0.507 e. The number of hydrogen-bond acceptors (Lipinski definition) is 2. The number of fused-ring (bicyclic) bond motifs is 1. The molecule has 2 heteroatoms. The van der Waals surface area contributed by atoms with Gasteiger partial charge in [-0.25, -0.2) is 0 Å². The summed E-state index contributed by atoms with van der Waals surface area (Å²) >= 11 is 0. The number of phenolic OH excluding ortho intramolecular Hbond substituents is 1. The van der Waals surface area contributed by atoms with E-state index in [2.05, 4.69) is 32.9 Å². The first kappa shape index (κ1) is 21.9. The van der Waals surface area contributed by atoms with Crippen molar-refractivity contribution in [3.63, 3.8) is 0 Å². The smallest absolute Gasteiger partial charge is 0.127 e. The van der Waals surface area contributed by atoms with Crippen LogP contribution in [0.5, 0.6) is 11.5 Å². The Bertz CT molecular complexity index is 644. The van der Waals surface area contributed by atoms with Gasteiger partial charge in [-0.15, -0.1) is 0 Å². The van der Waals surface area contributed by atoms with Gasteiger partial charge in [0.25, 0.3) is 0 Å². The van der Waals surface area contributed by atoms with Crippen LogP contribution in [-0.2, 0) is 6.42 Å². The first-order chi connectivity index (χ1) is 12.9. The zero-order valence-corrected chi connectivity index (χ0v) is 18.3. The molecule has 0 radical (unpaired) electrons. The molecule has 0 fully saturated rings. The zero-order chi connectivity index (χ0) is 19.9. The van der Waals surface area contributed by atoms with E-state index in [1.54, 1.807) is 0 Å². The third kappa shape index (κ3) is 5.77. The van der Waals surface area contributed by atoms with Crippen molar-refractivity contribution in [2.45, 2.75) is 111 Å². The highest BCUT2D eigenvalue weighted by Gasteiger charge is 2.33. The van der Waals surface area contributed by atoms with Crippen molar-refractivity contribution in [2.24, 2.45) is 0 Å². The molecule has 0 spiro atoms. The summed E-state index contributed by atoms with van der Waals surface area (Å²) in [7, 11) is 0. The molecule has 0 aromatic heterocycles. The first-order valence-electron chi connectivity index (χ1n) is 11.0. The van der Waals surface area contributed by atoms with E-state index >= 15 is 0 Å². The summed E-state index contributed by atoms with van der Waals surface area (Å²) in [6.07, 6.45) is 18.4. The van der Waals surface area contributed by atoms with Crippen LogP contribution in [0.2, 0.25) is 0 Å². The Labute approximate surface area is 167 Å². The Hall–Kier alpha value is -1.44. The SMILES string of the molecule is CCCCCCCCC/C=C/C[C@]1(C)CCc2c(C)c(O)c(C)c(C)c2O1. The second kappa shape index (κ2) is 10.2. The van der Waals surface area contributed by atoms with Crippen molar-refractivity contribution in [3.8, 4) is 11.5 Å². The fraction of sp³-hybridized carbons (Fsp3) is 0.680. The minimum Gasteiger partial charge on any atom is -0.507 e. The lowest BCUT2D eigenvalue weighted by molar-refractivity contribution is 0.0666. The standard InChI is InChI=1S/C25H40O2/c1-6-7-8-9-10-11-12-13-14-15-17-25(5)18-16-22-21(4)23(26)19(2)20(3)24(22)27-25/h14-15,26H,6-13,16-18H2,1-5H3/b15-14+/t25-/m1/s1. The number of hydrogen-bond donors (Lipinski definition) is 1. The predicted octanol–water partition coefficient (Wildman–Crippen LogP) is 7.49. The van der Waals surface area contributed by atoms with Crippen LogP contribution in [-0.4, -0.2) is 10.7 Å². The molecule has 0 unspecified atom stereocenters. The van der Waals surface area contributed by atoms with Gasteiger partial charge in [0.1, 0.15) is 17.1 Å². The topological polar surface area (TPSA) is 29.5 Å². The average Bonchev–Trinajstić information content (AvgIpc) is 2.66. The van der Waals surface area contributed by atoms with Gasteiger partial charge in [-0.2, -0.15) is 0 Å². The Kier molecular flexibility index (Phi) is 8.26. The molecule has 2 nitrogen and oxygen atoms in total. The summed E-state index contributed by atoms with van der Waals surface area (Å²) in [5.74, 6) is 1.45. The monoisotopic (exact) mass is 372 g/mol. The molecule has 2 rings (SSSR count). The molecule has 0 amide bonds. The quantitative estimate of drug-likeness (QED) is 0.340. The Morgan fingerprint density at radius 2 is 1.59 bits per heavy atom. The molecule has 0 saturated heterocycles. The predicted molar refractivity (Wildman–Crippen MR) is 116 cm³/mol. The van der Waals surface area contributed by atoms with Gasteiger partial charge in [0.15, 0.2) is 0 Å². The van der Waals surface area contributed by atoms with Crippen LogP contribution >= 0.6 is 0 Å². The minimum absolute atomic E-state index is 0.135. The van der Waals surface area contributed by atoms with Gasteiger partial charge in [-0.1, -0.05) is 57.6 Å². The van der Waals surface area contributed by atoms with Gasteiger partial charge in [-0.05, 0) is 70.1 Å². The molecule has 0 bridgehead atoms. The normalized spacial score (nSPS) is 19.3. The molecule has 1 heterocycles. The number of phenols is 1. The van der Waals surface area contributed by atoms with Crippen LogP contribution in [0.15, 0.2) is 12.2 Å². The fourth-order valence-electron chi connectivity index (χ4n) is 4.11. The highest BCUT2D eigenvalue weighted by molar-refractivity contribution is 5.58. The molecule has 0 aliphatic carbocycles. The van der Waals surface area contributed by atoms with Crippen LogP contribution in [0.1, 0.15) is 100 Å². The average molecular weight is 373 g/mol. The first-order valence-corrected chi connectivity index (χ1v) is 11.0. The van der Waals surface area contributed by atoms with Crippen molar-refractivity contribution in [2.75, 3.05) is 0 Å². The van der Waals surface area contributed by atoms with E-state index in [1.165, 1.54) is 56.9 Å². The van der Waals surface area contributed by atoms with E-state index in [9.17, 15) is 5.11 Å².